The highest BCUT2D eigenvalue weighted by molar-refractivity contribution is 9.10. The van der Waals surface area contributed by atoms with E-state index in [4.69, 9.17) is 0 Å². The average Bonchev–Trinajstić information content (AvgIpc) is 3.06. The van der Waals surface area contributed by atoms with Crippen molar-refractivity contribution in [3.8, 4) is 0 Å². The summed E-state index contributed by atoms with van der Waals surface area (Å²) in [5.74, 6) is -0.0437. The van der Waals surface area contributed by atoms with Gasteiger partial charge in [0, 0.05) is 23.5 Å². The van der Waals surface area contributed by atoms with E-state index in [2.05, 4.69) is 21.2 Å². The third kappa shape index (κ3) is 5.06. The molecule has 1 saturated carbocycles. The Bertz CT molecular complexity index is 538. The Morgan fingerprint density at radius 2 is 1.87 bits per heavy atom. The summed E-state index contributed by atoms with van der Waals surface area (Å²) in [5, 5.41) is 3.09. The maximum absolute atomic E-state index is 12.5. The van der Waals surface area contributed by atoms with Crippen molar-refractivity contribution >= 4 is 27.7 Å². The summed E-state index contributed by atoms with van der Waals surface area (Å²) in [6.45, 7) is 4.11. The van der Waals surface area contributed by atoms with Gasteiger partial charge in [-0.25, -0.2) is 0 Å². The first-order valence-electron chi connectivity index (χ1n) is 8.35. The number of nitrogens with one attached hydrogen (secondary N) is 1. The predicted molar refractivity (Wildman–Crippen MR) is 94.8 cm³/mol. The van der Waals surface area contributed by atoms with E-state index in [1.54, 1.807) is 4.90 Å². The highest BCUT2D eigenvalue weighted by Crippen LogP contribution is 2.19. The van der Waals surface area contributed by atoms with Gasteiger partial charge in [0.2, 0.25) is 11.8 Å². The topological polar surface area (TPSA) is 49.4 Å². The van der Waals surface area contributed by atoms with E-state index in [1.807, 2.05) is 38.1 Å². The number of carbonyl (C=O) groups excluding carboxylic acids is 2. The van der Waals surface area contributed by atoms with E-state index in [0.717, 1.165) is 22.9 Å². The second-order valence-corrected chi connectivity index (χ2v) is 7.08. The molecule has 0 saturated heterocycles. The van der Waals surface area contributed by atoms with Crippen molar-refractivity contribution in [1.82, 2.24) is 10.2 Å². The minimum atomic E-state index is -0.452. The Kier molecular flexibility index (Phi) is 6.63. The van der Waals surface area contributed by atoms with Crippen LogP contribution in [0.25, 0.3) is 0 Å². The molecule has 1 N–H and O–H groups in total. The van der Waals surface area contributed by atoms with Crippen LogP contribution in [0, 0.1) is 0 Å². The largest absolute Gasteiger partial charge is 0.352 e. The SMILES string of the molecule is CCC(=O)N(Cc1ccc(Br)cc1)[C@@H](C)C(=O)NC1CCCC1. The Balaban J connectivity index is 2.05. The van der Waals surface area contributed by atoms with Crippen molar-refractivity contribution in [2.24, 2.45) is 0 Å². The molecule has 2 amide bonds. The number of halogens is 1. The Morgan fingerprint density at radius 1 is 1.26 bits per heavy atom. The summed E-state index contributed by atoms with van der Waals surface area (Å²) in [6, 6.07) is 7.67. The lowest BCUT2D eigenvalue weighted by Gasteiger charge is -2.29. The zero-order valence-electron chi connectivity index (χ0n) is 13.8. The minimum Gasteiger partial charge on any atom is -0.352 e. The van der Waals surface area contributed by atoms with Gasteiger partial charge in [0.05, 0.1) is 0 Å². The van der Waals surface area contributed by atoms with Gasteiger partial charge in [-0.2, -0.15) is 0 Å². The normalized spacial score (nSPS) is 16.1. The van der Waals surface area contributed by atoms with Gasteiger partial charge < -0.3 is 10.2 Å². The molecule has 1 aromatic rings. The molecule has 0 heterocycles. The monoisotopic (exact) mass is 380 g/mol. The molecular weight excluding hydrogens is 356 g/mol. The molecule has 1 aromatic carbocycles. The maximum Gasteiger partial charge on any atom is 0.242 e. The van der Waals surface area contributed by atoms with Crippen LogP contribution in [0.15, 0.2) is 28.7 Å². The van der Waals surface area contributed by atoms with Gasteiger partial charge in [-0.15, -0.1) is 0 Å². The second kappa shape index (κ2) is 8.48. The number of nitrogens with zero attached hydrogens (tertiary/aromatic N) is 1. The molecule has 23 heavy (non-hydrogen) atoms. The lowest BCUT2D eigenvalue weighted by Crippen LogP contribution is -2.49. The first-order valence-corrected chi connectivity index (χ1v) is 9.15. The quantitative estimate of drug-likeness (QED) is 0.818. The van der Waals surface area contributed by atoms with Crippen molar-refractivity contribution < 1.29 is 9.59 Å². The van der Waals surface area contributed by atoms with Crippen molar-refractivity contribution in [2.75, 3.05) is 0 Å². The Labute approximate surface area is 146 Å². The van der Waals surface area contributed by atoms with E-state index >= 15 is 0 Å². The molecule has 1 aliphatic rings. The summed E-state index contributed by atoms with van der Waals surface area (Å²) in [4.78, 5) is 26.5. The lowest BCUT2D eigenvalue weighted by atomic mass is 10.1. The van der Waals surface area contributed by atoms with Gasteiger partial charge in [-0.05, 0) is 37.5 Å². The van der Waals surface area contributed by atoms with Crippen molar-refractivity contribution in [1.29, 1.82) is 0 Å². The van der Waals surface area contributed by atoms with Crippen LogP contribution in [0.3, 0.4) is 0 Å². The number of rotatable bonds is 6. The highest BCUT2D eigenvalue weighted by atomic mass is 79.9. The summed E-state index contributed by atoms with van der Waals surface area (Å²) in [7, 11) is 0. The van der Waals surface area contributed by atoms with Gasteiger partial charge in [-0.3, -0.25) is 9.59 Å². The van der Waals surface area contributed by atoms with Crippen LogP contribution < -0.4 is 5.32 Å². The van der Waals surface area contributed by atoms with Crippen LogP contribution in [0.5, 0.6) is 0 Å². The molecule has 0 radical (unpaired) electrons. The first kappa shape index (κ1) is 18.0. The minimum absolute atomic E-state index is 0.00184. The van der Waals surface area contributed by atoms with E-state index in [9.17, 15) is 9.59 Å². The fourth-order valence-electron chi connectivity index (χ4n) is 2.96. The third-order valence-electron chi connectivity index (χ3n) is 4.44. The molecule has 0 unspecified atom stereocenters. The number of benzene rings is 1. The zero-order chi connectivity index (χ0) is 16.8. The zero-order valence-corrected chi connectivity index (χ0v) is 15.4. The third-order valence-corrected chi connectivity index (χ3v) is 4.97. The van der Waals surface area contributed by atoms with Gasteiger partial charge in [0.25, 0.3) is 0 Å². The molecule has 1 fully saturated rings. The summed E-state index contributed by atoms with van der Waals surface area (Å²) in [6.07, 6.45) is 4.85. The standard InChI is InChI=1S/C18H25BrN2O2/c1-3-17(22)21(12-14-8-10-15(19)11-9-14)13(2)18(23)20-16-6-4-5-7-16/h8-11,13,16H,3-7,12H2,1-2H3,(H,20,23)/t13-/m0/s1. The molecule has 5 heteroatoms. The highest BCUT2D eigenvalue weighted by Gasteiger charge is 2.27. The van der Waals surface area contributed by atoms with E-state index in [0.29, 0.717) is 13.0 Å². The molecule has 126 valence electrons. The van der Waals surface area contributed by atoms with E-state index in [1.165, 1.54) is 12.8 Å². The van der Waals surface area contributed by atoms with Crippen molar-refractivity contribution in [2.45, 2.75) is 64.6 Å². The number of carbonyl (C=O) groups is 2. The van der Waals surface area contributed by atoms with Gasteiger partial charge in [0.1, 0.15) is 6.04 Å². The first-order chi connectivity index (χ1) is 11.0. The van der Waals surface area contributed by atoms with Crippen LogP contribution in [0.2, 0.25) is 0 Å². The second-order valence-electron chi connectivity index (χ2n) is 6.17. The molecule has 0 aliphatic heterocycles. The number of hydrogen-bond donors (Lipinski definition) is 1. The van der Waals surface area contributed by atoms with Gasteiger partial charge in [0.15, 0.2) is 0 Å². The fourth-order valence-corrected chi connectivity index (χ4v) is 3.23. The predicted octanol–water partition coefficient (Wildman–Crippen LogP) is 3.64. The number of hydrogen-bond acceptors (Lipinski definition) is 2. The van der Waals surface area contributed by atoms with Crippen LogP contribution in [-0.4, -0.2) is 28.8 Å². The van der Waals surface area contributed by atoms with Gasteiger partial charge in [-0.1, -0.05) is 47.8 Å². The van der Waals surface area contributed by atoms with Crippen LogP contribution in [-0.2, 0) is 16.1 Å². The van der Waals surface area contributed by atoms with Crippen molar-refractivity contribution in [3.63, 3.8) is 0 Å². The summed E-state index contributed by atoms with van der Waals surface area (Å²) < 4.78 is 1.00. The molecule has 0 aromatic heterocycles. The van der Waals surface area contributed by atoms with Crippen LogP contribution >= 0.6 is 15.9 Å². The molecule has 1 aliphatic carbocycles. The Morgan fingerprint density at radius 3 is 2.43 bits per heavy atom. The molecule has 1 atom stereocenters. The van der Waals surface area contributed by atoms with Crippen molar-refractivity contribution in [3.05, 3.63) is 34.3 Å². The molecule has 2 rings (SSSR count). The average molecular weight is 381 g/mol. The number of amides is 2. The fraction of sp³-hybridized carbons (Fsp3) is 0.556. The maximum atomic E-state index is 12.5. The smallest absolute Gasteiger partial charge is 0.242 e. The van der Waals surface area contributed by atoms with Crippen LogP contribution in [0.1, 0.15) is 51.5 Å². The molecule has 0 spiro atoms. The summed E-state index contributed by atoms with van der Waals surface area (Å²) >= 11 is 3.41. The van der Waals surface area contributed by atoms with E-state index in [-0.39, 0.29) is 17.9 Å². The molecule has 0 bridgehead atoms. The molecule has 4 nitrogen and oxygen atoms in total. The van der Waals surface area contributed by atoms with Crippen LogP contribution in [0.4, 0.5) is 0 Å². The summed E-state index contributed by atoms with van der Waals surface area (Å²) in [5.41, 5.74) is 1.02. The lowest BCUT2D eigenvalue weighted by molar-refractivity contribution is -0.140. The Hall–Kier alpha value is -1.36. The van der Waals surface area contributed by atoms with Gasteiger partial charge >= 0.3 is 0 Å². The van der Waals surface area contributed by atoms with E-state index < -0.39 is 6.04 Å². The molecular formula is C18H25BrN2O2.